The molecule has 0 saturated heterocycles. The number of aromatic nitrogens is 2. The molecule has 1 heterocycles. The fourth-order valence-corrected chi connectivity index (χ4v) is 3.60. The van der Waals surface area contributed by atoms with Gasteiger partial charge in [0.2, 0.25) is 0 Å². The van der Waals surface area contributed by atoms with Gasteiger partial charge in [-0.1, -0.05) is 18.2 Å². The van der Waals surface area contributed by atoms with Gasteiger partial charge < -0.3 is 5.32 Å². The van der Waals surface area contributed by atoms with Crippen molar-refractivity contribution in [1.82, 2.24) is 9.78 Å². The van der Waals surface area contributed by atoms with Crippen molar-refractivity contribution >= 4 is 39.4 Å². The van der Waals surface area contributed by atoms with Gasteiger partial charge in [0.1, 0.15) is 0 Å². The predicted molar refractivity (Wildman–Crippen MR) is 102 cm³/mol. The minimum atomic E-state index is -0.171. The van der Waals surface area contributed by atoms with Crippen LogP contribution in [0.2, 0.25) is 0 Å². The predicted octanol–water partition coefficient (Wildman–Crippen LogP) is 4.92. The lowest BCUT2D eigenvalue weighted by molar-refractivity contribution is 0.102. The Balaban J connectivity index is 1.83. The van der Waals surface area contributed by atoms with Gasteiger partial charge in [0, 0.05) is 26.7 Å². The fourth-order valence-electron chi connectivity index (χ4n) is 2.36. The van der Waals surface area contributed by atoms with Gasteiger partial charge in [-0.25, -0.2) is 4.68 Å². The van der Waals surface area contributed by atoms with E-state index in [1.807, 2.05) is 66.4 Å². The van der Waals surface area contributed by atoms with Gasteiger partial charge in [-0.15, -0.1) is 16.9 Å². The molecule has 1 amide bonds. The molecule has 0 radical (unpaired) electrons. The number of halogens is 1. The molecule has 0 atom stereocenters. The zero-order valence-electron chi connectivity index (χ0n) is 13.3. The van der Waals surface area contributed by atoms with Crippen molar-refractivity contribution in [3.63, 3.8) is 0 Å². The largest absolute Gasteiger partial charge is 0.305 e. The lowest BCUT2D eigenvalue weighted by Crippen LogP contribution is -2.12. The van der Waals surface area contributed by atoms with Gasteiger partial charge in [0.05, 0.1) is 5.69 Å². The van der Waals surface area contributed by atoms with Crippen molar-refractivity contribution in [1.29, 1.82) is 0 Å². The molecule has 1 aromatic heterocycles. The van der Waals surface area contributed by atoms with Crippen LogP contribution in [0.15, 0.2) is 64.0 Å². The third-order valence-corrected chi connectivity index (χ3v) is 5.27. The number of rotatable bonds is 4. The van der Waals surface area contributed by atoms with E-state index < -0.39 is 0 Å². The van der Waals surface area contributed by atoms with E-state index in [1.54, 1.807) is 17.8 Å². The number of carbonyl (C=O) groups is 1. The average molecular weight is 402 g/mol. The highest BCUT2D eigenvalue weighted by Crippen LogP contribution is 2.27. The second-order valence-electron chi connectivity index (χ2n) is 5.22. The zero-order chi connectivity index (χ0) is 17.1. The highest BCUT2D eigenvalue weighted by atomic mass is 79.9. The highest BCUT2D eigenvalue weighted by molar-refractivity contribution is 9.10. The van der Waals surface area contributed by atoms with Gasteiger partial charge in [0.25, 0.3) is 5.91 Å². The van der Waals surface area contributed by atoms with E-state index in [4.69, 9.17) is 0 Å². The molecule has 0 aliphatic heterocycles. The maximum atomic E-state index is 12.5. The first kappa shape index (κ1) is 16.8. The van der Waals surface area contributed by atoms with Crippen LogP contribution >= 0.6 is 27.7 Å². The maximum Gasteiger partial charge on any atom is 0.256 e. The number of aryl methyl sites for hydroxylation is 1. The molecule has 0 aliphatic rings. The van der Waals surface area contributed by atoms with E-state index in [2.05, 4.69) is 26.3 Å². The van der Waals surface area contributed by atoms with Gasteiger partial charge in [0.15, 0.2) is 5.82 Å². The number of thioether (sulfide) groups is 1. The number of nitrogens with zero attached hydrogens (tertiary/aromatic N) is 2. The smallest absolute Gasteiger partial charge is 0.256 e. The molecular weight excluding hydrogens is 386 g/mol. The van der Waals surface area contributed by atoms with Crippen LogP contribution in [0.4, 0.5) is 5.82 Å². The number of hydrogen-bond acceptors (Lipinski definition) is 3. The number of carbonyl (C=O) groups excluding carboxylic acids is 1. The van der Waals surface area contributed by atoms with Gasteiger partial charge >= 0.3 is 0 Å². The number of amides is 1. The maximum absolute atomic E-state index is 12.5. The second kappa shape index (κ2) is 7.23. The molecule has 0 fully saturated rings. The highest BCUT2D eigenvalue weighted by Gasteiger charge is 2.12. The Morgan fingerprint density at radius 3 is 2.62 bits per heavy atom. The average Bonchev–Trinajstić information content (AvgIpc) is 2.96. The van der Waals surface area contributed by atoms with E-state index in [-0.39, 0.29) is 5.91 Å². The monoisotopic (exact) mass is 401 g/mol. The first-order valence-electron chi connectivity index (χ1n) is 7.35. The molecule has 24 heavy (non-hydrogen) atoms. The summed E-state index contributed by atoms with van der Waals surface area (Å²) in [5, 5.41) is 7.34. The Morgan fingerprint density at radius 1 is 1.17 bits per heavy atom. The van der Waals surface area contributed by atoms with Crippen molar-refractivity contribution < 1.29 is 4.79 Å². The molecular formula is C18H16BrN3OS. The number of para-hydroxylation sites is 1. The van der Waals surface area contributed by atoms with Crippen LogP contribution in [0.5, 0.6) is 0 Å². The zero-order valence-corrected chi connectivity index (χ0v) is 15.7. The molecule has 1 N–H and O–H groups in total. The summed E-state index contributed by atoms with van der Waals surface area (Å²) in [5.74, 6) is 0.366. The summed E-state index contributed by atoms with van der Waals surface area (Å²) in [4.78, 5) is 13.5. The molecule has 0 spiro atoms. The van der Waals surface area contributed by atoms with Crippen LogP contribution in [0.1, 0.15) is 16.1 Å². The molecule has 0 saturated carbocycles. The number of hydrogen-bond donors (Lipinski definition) is 1. The van der Waals surface area contributed by atoms with Crippen LogP contribution < -0.4 is 5.32 Å². The van der Waals surface area contributed by atoms with Crippen molar-refractivity contribution in [2.75, 3.05) is 11.6 Å². The molecule has 6 heteroatoms. The summed E-state index contributed by atoms with van der Waals surface area (Å²) in [6, 6.07) is 17.2. The normalized spacial score (nSPS) is 10.6. The lowest BCUT2D eigenvalue weighted by Gasteiger charge is -2.06. The fraction of sp³-hybridized carbons (Fsp3) is 0.111. The first-order chi connectivity index (χ1) is 11.6. The summed E-state index contributed by atoms with van der Waals surface area (Å²) in [7, 11) is 0. The quantitative estimate of drug-likeness (QED) is 0.631. The van der Waals surface area contributed by atoms with Gasteiger partial charge in [-0.3, -0.25) is 4.79 Å². The molecule has 0 bridgehead atoms. The summed E-state index contributed by atoms with van der Waals surface area (Å²) < 4.78 is 2.79. The standard InChI is InChI=1S/C18H16BrN3OS/c1-12-10-17(21-22(12)14-6-4-3-5-7-14)20-18(23)13-8-9-15(19)16(11-13)24-2/h3-11H,1-2H3,(H,20,21,23). The number of nitrogens with one attached hydrogen (secondary N) is 1. The minimum absolute atomic E-state index is 0.171. The topological polar surface area (TPSA) is 46.9 Å². The number of anilines is 1. The molecule has 0 unspecified atom stereocenters. The molecule has 3 aromatic rings. The van der Waals surface area contributed by atoms with Crippen LogP contribution in [-0.4, -0.2) is 21.9 Å². The third kappa shape index (κ3) is 3.55. The van der Waals surface area contributed by atoms with Crippen molar-refractivity contribution in [3.05, 3.63) is 70.3 Å². The van der Waals surface area contributed by atoms with Crippen LogP contribution in [0.3, 0.4) is 0 Å². The van der Waals surface area contributed by atoms with Crippen LogP contribution in [0.25, 0.3) is 5.69 Å². The van der Waals surface area contributed by atoms with Crippen molar-refractivity contribution in [2.45, 2.75) is 11.8 Å². The van der Waals surface area contributed by atoms with Crippen LogP contribution in [-0.2, 0) is 0 Å². The van der Waals surface area contributed by atoms with Crippen LogP contribution in [0, 0.1) is 6.92 Å². The SMILES string of the molecule is CSc1cc(C(=O)Nc2cc(C)n(-c3ccccc3)n2)ccc1Br. The van der Waals surface area contributed by atoms with E-state index in [1.165, 1.54) is 0 Å². The number of benzene rings is 2. The first-order valence-corrected chi connectivity index (χ1v) is 9.37. The summed E-state index contributed by atoms with van der Waals surface area (Å²) >= 11 is 5.07. The minimum Gasteiger partial charge on any atom is -0.305 e. The van der Waals surface area contributed by atoms with Crippen molar-refractivity contribution in [3.8, 4) is 5.69 Å². The Labute approximate surface area is 153 Å². The third-order valence-electron chi connectivity index (χ3n) is 3.54. The molecule has 0 aliphatic carbocycles. The summed E-state index contributed by atoms with van der Waals surface area (Å²) in [5.41, 5.74) is 2.52. The van der Waals surface area contributed by atoms with Gasteiger partial charge in [-0.2, -0.15) is 0 Å². The van der Waals surface area contributed by atoms with E-state index in [9.17, 15) is 4.79 Å². The van der Waals surface area contributed by atoms with Gasteiger partial charge in [-0.05, 0) is 59.4 Å². The molecule has 2 aromatic carbocycles. The van der Waals surface area contributed by atoms with E-state index in [0.717, 1.165) is 20.7 Å². The Bertz CT molecular complexity index is 877. The molecule has 122 valence electrons. The lowest BCUT2D eigenvalue weighted by atomic mass is 10.2. The molecule has 4 nitrogen and oxygen atoms in total. The van der Waals surface area contributed by atoms with E-state index in [0.29, 0.717) is 11.4 Å². The van der Waals surface area contributed by atoms with E-state index >= 15 is 0 Å². The second-order valence-corrected chi connectivity index (χ2v) is 6.92. The van der Waals surface area contributed by atoms with Crippen molar-refractivity contribution in [2.24, 2.45) is 0 Å². The Hall–Kier alpha value is -2.05. The molecule has 3 rings (SSSR count). The summed E-state index contributed by atoms with van der Waals surface area (Å²) in [6.07, 6.45) is 1.98. The Kier molecular flexibility index (Phi) is 5.06. The summed E-state index contributed by atoms with van der Waals surface area (Å²) in [6.45, 7) is 1.96. The Morgan fingerprint density at radius 2 is 1.92 bits per heavy atom.